The molecule has 1 N–H and O–H groups in total. The fraction of sp³-hybridized carbons (Fsp3) is 1.00. The number of morpholine rings is 1. The van der Waals surface area contributed by atoms with E-state index in [1.165, 1.54) is 0 Å². The predicted molar refractivity (Wildman–Crippen MR) is 58.6 cm³/mol. The quantitative estimate of drug-likeness (QED) is 0.709. The molecule has 3 atom stereocenters. The molecule has 0 amide bonds. The maximum atomic E-state index is 11.4. The van der Waals surface area contributed by atoms with Gasteiger partial charge in [-0.05, 0) is 19.8 Å². The summed E-state index contributed by atoms with van der Waals surface area (Å²) in [5.74, 6) is 0.507. The first-order valence-electron chi connectivity index (χ1n) is 5.56. The minimum atomic E-state index is -2.84. The van der Waals surface area contributed by atoms with Gasteiger partial charge in [0.1, 0.15) is 0 Å². The van der Waals surface area contributed by atoms with Crippen LogP contribution < -0.4 is 5.32 Å². The van der Waals surface area contributed by atoms with Crippen molar-refractivity contribution in [2.75, 3.05) is 18.1 Å². The molecule has 0 aromatic heterocycles. The third-order valence-corrected chi connectivity index (χ3v) is 5.24. The molecule has 0 aliphatic carbocycles. The van der Waals surface area contributed by atoms with Crippen molar-refractivity contribution in [1.29, 1.82) is 0 Å². The second kappa shape index (κ2) is 3.71. The van der Waals surface area contributed by atoms with Crippen LogP contribution in [0.3, 0.4) is 0 Å². The van der Waals surface area contributed by atoms with Gasteiger partial charge in [-0.2, -0.15) is 0 Å². The second-order valence-electron chi connectivity index (χ2n) is 4.85. The van der Waals surface area contributed by atoms with E-state index in [2.05, 4.69) is 19.2 Å². The van der Waals surface area contributed by atoms with Crippen LogP contribution >= 0.6 is 0 Å². The molecule has 0 aromatic rings. The molecule has 0 bridgehead atoms. The minimum Gasteiger partial charge on any atom is -0.369 e. The normalized spacial score (nSPS) is 44.7. The highest BCUT2D eigenvalue weighted by molar-refractivity contribution is 7.91. The summed E-state index contributed by atoms with van der Waals surface area (Å²) in [6, 6.07) is 0.00312. The number of rotatable bonds is 1. The Hall–Kier alpha value is -0.130. The number of ether oxygens (including phenoxy) is 1. The third-order valence-electron chi connectivity index (χ3n) is 3.52. The number of hydrogen-bond acceptors (Lipinski definition) is 4. The monoisotopic (exact) mass is 233 g/mol. The lowest BCUT2D eigenvalue weighted by molar-refractivity contribution is -0.125. The maximum Gasteiger partial charge on any atom is 0.152 e. The molecule has 5 heteroatoms. The van der Waals surface area contributed by atoms with Crippen LogP contribution in [0.15, 0.2) is 0 Å². The van der Waals surface area contributed by atoms with Crippen LogP contribution in [0.5, 0.6) is 0 Å². The molecule has 0 radical (unpaired) electrons. The summed E-state index contributed by atoms with van der Waals surface area (Å²) >= 11 is 0. The van der Waals surface area contributed by atoms with Crippen LogP contribution in [-0.4, -0.2) is 44.2 Å². The zero-order valence-electron chi connectivity index (χ0n) is 9.32. The summed E-state index contributed by atoms with van der Waals surface area (Å²) in [6.45, 7) is 4.93. The molecule has 0 saturated carbocycles. The summed E-state index contributed by atoms with van der Waals surface area (Å²) in [5, 5.41) is 3.31. The van der Waals surface area contributed by atoms with E-state index in [4.69, 9.17) is 4.74 Å². The van der Waals surface area contributed by atoms with E-state index in [1.54, 1.807) is 0 Å². The molecule has 2 rings (SSSR count). The van der Waals surface area contributed by atoms with Crippen LogP contribution in [0.2, 0.25) is 0 Å². The molecule has 2 fully saturated rings. The zero-order valence-corrected chi connectivity index (χ0v) is 10.1. The number of nitrogens with one attached hydrogen (secondary N) is 1. The van der Waals surface area contributed by atoms with Gasteiger partial charge in [0, 0.05) is 12.6 Å². The Bertz CT molecular complexity index is 341. The van der Waals surface area contributed by atoms with E-state index in [9.17, 15) is 8.42 Å². The van der Waals surface area contributed by atoms with Gasteiger partial charge in [0.15, 0.2) is 9.84 Å². The topological polar surface area (TPSA) is 55.4 Å². The first-order chi connectivity index (χ1) is 6.94. The summed E-state index contributed by atoms with van der Waals surface area (Å²) < 4.78 is 28.9. The predicted octanol–water partition coefficient (Wildman–Crippen LogP) is 0.331. The Morgan fingerprint density at radius 3 is 2.93 bits per heavy atom. The lowest BCUT2D eigenvalue weighted by atomic mass is 9.97. The molecule has 88 valence electrons. The van der Waals surface area contributed by atoms with Crippen LogP contribution in [0.25, 0.3) is 0 Å². The zero-order chi connectivity index (χ0) is 11.1. The van der Waals surface area contributed by atoms with Crippen LogP contribution in [0.1, 0.15) is 26.7 Å². The third kappa shape index (κ3) is 2.34. The summed E-state index contributed by atoms with van der Waals surface area (Å²) in [7, 11) is -2.84. The average molecular weight is 233 g/mol. The van der Waals surface area contributed by atoms with Crippen molar-refractivity contribution in [3.05, 3.63) is 0 Å². The molecule has 0 aromatic carbocycles. The molecule has 4 nitrogen and oxygen atoms in total. The highest BCUT2D eigenvalue weighted by atomic mass is 32.2. The average Bonchev–Trinajstić information content (AvgIpc) is 2.18. The van der Waals surface area contributed by atoms with Gasteiger partial charge in [-0.15, -0.1) is 0 Å². The van der Waals surface area contributed by atoms with Gasteiger partial charge in [0.2, 0.25) is 0 Å². The lowest BCUT2D eigenvalue weighted by Gasteiger charge is -2.45. The van der Waals surface area contributed by atoms with Gasteiger partial charge in [0.25, 0.3) is 0 Å². The highest BCUT2D eigenvalue weighted by Crippen LogP contribution is 2.28. The van der Waals surface area contributed by atoms with Gasteiger partial charge in [-0.1, -0.05) is 6.92 Å². The van der Waals surface area contributed by atoms with E-state index in [0.29, 0.717) is 6.42 Å². The maximum absolute atomic E-state index is 11.4. The Kier molecular flexibility index (Phi) is 2.81. The molecule has 0 spiro atoms. The molecule has 2 aliphatic heterocycles. The van der Waals surface area contributed by atoms with Crippen molar-refractivity contribution in [2.45, 2.75) is 44.4 Å². The number of fused-ring (bicyclic) bond motifs is 1. The van der Waals surface area contributed by atoms with E-state index in [0.717, 1.165) is 13.0 Å². The molecule has 2 heterocycles. The molecular formula is C10H19NO3S. The number of sulfone groups is 1. The van der Waals surface area contributed by atoms with E-state index in [1.807, 2.05) is 0 Å². The van der Waals surface area contributed by atoms with Crippen molar-refractivity contribution in [3.63, 3.8) is 0 Å². The molecule has 15 heavy (non-hydrogen) atoms. The first-order valence-corrected chi connectivity index (χ1v) is 7.38. The second-order valence-corrected chi connectivity index (χ2v) is 7.08. The Morgan fingerprint density at radius 1 is 1.53 bits per heavy atom. The van der Waals surface area contributed by atoms with E-state index < -0.39 is 9.84 Å². The SMILES string of the molecule is CCC1(C)CNC2CS(=O)(=O)CCC2O1. The molecule has 3 unspecified atom stereocenters. The van der Waals surface area contributed by atoms with Crippen LogP contribution in [0, 0.1) is 0 Å². The Morgan fingerprint density at radius 2 is 2.27 bits per heavy atom. The van der Waals surface area contributed by atoms with E-state index in [-0.39, 0.29) is 29.3 Å². The molecule has 2 aliphatic rings. The van der Waals surface area contributed by atoms with Crippen molar-refractivity contribution < 1.29 is 13.2 Å². The van der Waals surface area contributed by atoms with Crippen molar-refractivity contribution in [2.24, 2.45) is 0 Å². The smallest absolute Gasteiger partial charge is 0.152 e. The lowest BCUT2D eigenvalue weighted by Crippen LogP contribution is -2.62. The fourth-order valence-corrected chi connectivity index (χ4v) is 3.89. The molecular weight excluding hydrogens is 214 g/mol. The van der Waals surface area contributed by atoms with Gasteiger partial charge < -0.3 is 10.1 Å². The molecule has 2 saturated heterocycles. The first kappa shape index (κ1) is 11.4. The van der Waals surface area contributed by atoms with E-state index >= 15 is 0 Å². The minimum absolute atomic E-state index is 0.00312. The summed E-state index contributed by atoms with van der Waals surface area (Å²) in [5.41, 5.74) is -0.123. The number of hydrogen-bond donors (Lipinski definition) is 1. The highest BCUT2D eigenvalue weighted by Gasteiger charge is 2.41. The largest absolute Gasteiger partial charge is 0.369 e. The van der Waals surface area contributed by atoms with Crippen molar-refractivity contribution in [3.8, 4) is 0 Å². The van der Waals surface area contributed by atoms with Crippen LogP contribution in [0.4, 0.5) is 0 Å². The fourth-order valence-electron chi connectivity index (χ4n) is 2.26. The van der Waals surface area contributed by atoms with Gasteiger partial charge >= 0.3 is 0 Å². The Balaban J connectivity index is 2.07. The van der Waals surface area contributed by atoms with Crippen molar-refractivity contribution in [1.82, 2.24) is 5.32 Å². The Labute approximate surface area is 91.3 Å². The van der Waals surface area contributed by atoms with Crippen LogP contribution in [-0.2, 0) is 14.6 Å². The van der Waals surface area contributed by atoms with Gasteiger partial charge in [-0.25, -0.2) is 8.42 Å². The van der Waals surface area contributed by atoms with Gasteiger partial charge in [0.05, 0.1) is 23.2 Å². The summed E-state index contributed by atoms with van der Waals surface area (Å²) in [4.78, 5) is 0. The van der Waals surface area contributed by atoms with Gasteiger partial charge in [-0.3, -0.25) is 0 Å². The standard InChI is InChI=1S/C10H19NO3S/c1-3-10(2)7-11-8-6-15(12,13)5-4-9(8)14-10/h8-9,11H,3-7H2,1-2H3. The summed E-state index contributed by atoms with van der Waals surface area (Å²) in [6.07, 6.45) is 1.66. The van der Waals surface area contributed by atoms with Crippen molar-refractivity contribution >= 4 is 9.84 Å².